The van der Waals surface area contributed by atoms with Crippen molar-refractivity contribution in [2.75, 3.05) is 80.7 Å². The zero-order valence-electron chi connectivity index (χ0n) is 50.1. The Kier molecular flexibility index (Phi) is 44.2. The molecule has 5 amide bonds. The number of amides is 5. The molecule has 2 heterocycles. The van der Waals surface area contributed by atoms with Gasteiger partial charge in [0.15, 0.2) is 18.2 Å². The first-order valence-electron chi connectivity index (χ1n) is 27.3. The fourth-order valence-electron chi connectivity index (χ4n) is 6.78. The second kappa shape index (κ2) is 45.1. The molecule has 0 aliphatic carbocycles. The molecule has 21 nitrogen and oxygen atoms in total. The third-order valence-electron chi connectivity index (χ3n) is 10.9. The van der Waals surface area contributed by atoms with Crippen LogP contribution in [0.4, 0.5) is 0 Å². The predicted octanol–water partition coefficient (Wildman–Crippen LogP) is 4.58. The van der Waals surface area contributed by atoms with Crippen LogP contribution in [0.3, 0.4) is 0 Å². The summed E-state index contributed by atoms with van der Waals surface area (Å²) < 4.78 is 15.2. The van der Waals surface area contributed by atoms with Crippen molar-refractivity contribution < 1.29 is 72.4 Å². The van der Waals surface area contributed by atoms with Crippen molar-refractivity contribution in [3.8, 4) is 5.75 Å². The number of benzene rings is 1. The molecule has 0 spiro atoms. The number of carbonyl (C=O) groups excluding carboxylic acids is 10. The molecule has 1 aromatic carbocycles. The van der Waals surface area contributed by atoms with E-state index in [0.717, 1.165) is 48.3 Å². The van der Waals surface area contributed by atoms with Crippen molar-refractivity contribution in [3.05, 3.63) is 29.8 Å². The number of aryl methyl sites for hydroxylation is 1. The Labute approximate surface area is 466 Å². The quantitative estimate of drug-likeness (QED) is 0.0593. The number of ether oxygens (including phenoxy) is 3. The van der Waals surface area contributed by atoms with Crippen LogP contribution in [0, 0.1) is 30.6 Å². The van der Waals surface area contributed by atoms with E-state index >= 15 is 0 Å². The van der Waals surface area contributed by atoms with Crippen LogP contribution < -0.4 is 15.4 Å². The summed E-state index contributed by atoms with van der Waals surface area (Å²) in [5, 5.41) is 23.9. The number of hydrogen-bond acceptors (Lipinski definition) is 16. The van der Waals surface area contributed by atoms with Gasteiger partial charge in [0.05, 0.1) is 44.7 Å². The molecule has 2 aliphatic heterocycles. The number of likely N-dealkylation sites (N-methyl/N-ethyl adjacent to an activating group) is 3. The van der Waals surface area contributed by atoms with E-state index in [-0.39, 0.29) is 43.8 Å². The number of carbonyl (C=O) groups is 10. The van der Waals surface area contributed by atoms with Gasteiger partial charge in [0.2, 0.25) is 30.0 Å². The topological polar surface area (TPSA) is 276 Å². The molecular formula is C57H100N6O15. The van der Waals surface area contributed by atoms with E-state index < -0.39 is 91.6 Å². The van der Waals surface area contributed by atoms with Gasteiger partial charge in [0.1, 0.15) is 37.3 Å². The summed E-state index contributed by atoms with van der Waals surface area (Å²) in [6.45, 7) is 23.4. The average molecular weight is 1110 g/mol. The Morgan fingerprint density at radius 2 is 1.32 bits per heavy atom. The Morgan fingerprint density at radius 3 is 1.78 bits per heavy atom. The van der Waals surface area contributed by atoms with Crippen LogP contribution in [-0.4, -0.2) is 195 Å². The van der Waals surface area contributed by atoms with Crippen LogP contribution in [0.5, 0.6) is 5.75 Å². The highest BCUT2D eigenvalue weighted by molar-refractivity contribution is 6.03. The second-order valence-corrected chi connectivity index (χ2v) is 20.9. The fourth-order valence-corrected chi connectivity index (χ4v) is 6.78. The van der Waals surface area contributed by atoms with Crippen LogP contribution in [0.2, 0.25) is 0 Å². The molecule has 3 rings (SSSR count). The number of aliphatic hydroxyl groups is 2. The Hall–Kier alpha value is -5.80. The number of esters is 2. The average Bonchev–Trinajstić information content (AvgIpc) is 4.08. The lowest BCUT2D eigenvalue weighted by atomic mass is 9.88. The highest BCUT2D eigenvalue weighted by atomic mass is 16.5. The largest absolute Gasteiger partial charge is 0.497 e. The first-order valence-corrected chi connectivity index (χ1v) is 27.3. The van der Waals surface area contributed by atoms with E-state index in [1.54, 1.807) is 18.9 Å². The third-order valence-corrected chi connectivity index (χ3v) is 10.9. The SMILES string of the molecule is CC(C)C.CC(C)C.CC(O)C=O.CCC.CCC[C@H](CC(=O)C(COC(=O)CN(C)C=O)NC(=O)CN(C)C(=O)C1CCCN1C)C(O)CC(=O)OCC(=O)C(C)C(=O)NCC(=O)N1CCCC1.COc1ccc(C)cc1. The monoisotopic (exact) mass is 1110 g/mol. The molecule has 0 bridgehead atoms. The number of nitrogens with zero attached hydrogens (tertiary/aromatic N) is 4. The first-order chi connectivity index (χ1) is 36.5. The van der Waals surface area contributed by atoms with Crippen molar-refractivity contribution in [2.24, 2.45) is 23.7 Å². The normalized spacial score (nSPS) is 15.2. The number of ketones is 2. The molecule has 6 atom stereocenters. The molecule has 78 heavy (non-hydrogen) atoms. The predicted molar refractivity (Wildman–Crippen MR) is 300 cm³/mol. The number of aldehydes is 1. The Bertz CT molecular complexity index is 1880. The van der Waals surface area contributed by atoms with Gasteiger partial charge >= 0.3 is 11.9 Å². The zero-order chi connectivity index (χ0) is 60.5. The van der Waals surface area contributed by atoms with Gasteiger partial charge < -0.3 is 54.6 Å². The summed E-state index contributed by atoms with van der Waals surface area (Å²) in [4.78, 5) is 127. The van der Waals surface area contributed by atoms with E-state index in [0.29, 0.717) is 38.6 Å². The molecule has 448 valence electrons. The standard InChI is InChI=1S/C35H56N6O12.C8H10O.2C4H10.C3H6O2.C3H8/c1-6-10-24(27(43)16-32(48)53-21-29(45)23(2)34(50)36-17-31(47)41-13-7-8-14-41)15-28(44)25(20-52-33(49)19-38(3)22-42)37-30(46)18-40(5)35(51)26-11-9-12-39(26)4;1-7-3-5-8(9-2)6-4-7;2*1-4(2)3;1-3(5)2-4;1-3-2/h22-27,43H,6-21H2,1-5H3,(H,36,50)(H,37,46);3-6H,1-2H3;2*4H,1-3H3;2-3,5H,1H3;3H2,1-2H3/t23?,24-,25?,26?,27?;;;;;/m1...../s1. The summed E-state index contributed by atoms with van der Waals surface area (Å²) in [5.74, 6) is -4.43. The van der Waals surface area contributed by atoms with E-state index in [9.17, 15) is 53.1 Å². The summed E-state index contributed by atoms with van der Waals surface area (Å²) in [5.41, 5.74) is 1.26. The van der Waals surface area contributed by atoms with Crippen LogP contribution in [0.25, 0.3) is 0 Å². The van der Waals surface area contributed by atoms with E-state index in [1.807, 2.05) is 36.2 Å². The number of likely N-dealkylation sites (tertiary alicyclic amines) is 2. The summed E-state index contributed by atoms with van der Waals surface area (Å²) in [6.07, 6.45) is 3.08. The summed E-state index contributed by atoms with van der Waals surface area (Å²) >= 11 is 0. The van der Waals surface area contributed by atoms with Crippen molar-refractivity contribution in [1.82, 2.24) is 30.2 Å². The molecule has 1 aromatic rings. The second-order valence-electron chi connectivity index (χ2n) is 20.9. The van der Waals surface area contributed by atoms with Crippen molar-refractivity contribution in [3.63, 3.8) is 0 Å². The molecule has 2 fully saturated rings. The first kappa shape index (κ1) is 76.4. The maximum absolute atomic E-state index is 13.5. The lowest BCUT2D eigenvalue weighted by molar-refractivity contribution is -0.153. The minimum atomic E-state index is -1.40. The molecule has 0 aromatic heterocycles. The third kappa shape index (κ3) is 38.7. The minimum absolute atomic E-state index is 0.250. The molecular weight excluding hydrogens is 1010 g/mol. The zero-order valence-corrected chi connectivity index (χ0v) is 50.1. The van der Waals surface area contributed by atoms with Gasteiger partial charge in [-0.2, -0.15) is 0 Å². The van der Waals surface area contributed by atoms with E-state index in [1.165, 1.54) is 44.8 Å². The lowest BCUT2D eigenvalue weighted by Crippen LogP contribution is -2.51. The highest BCUT2D eigenvalue weighted by Crippen LogP contribution is 2.21. The van der Waals surface area contributed by atoms with Crippen molar-refractivity contribution in [1.29, 1.82) is 0 Å². The maximum Gasteiger partial charge on any atom is 0.325 e. The van der Waals surface area contributed by atoms with Gasteiger partial charge in [-0.05, 0) is 96.4 Å². The fraction of sp³-hybridized carbons (Fsp3) is 0.719. The number of Topliss-reactive ketones (excluding diaryl/α,β-unsaturated/α-hetero) is 2. The molecule has 5 unspecified atom stereocenters. The molecule has 4 N–H and O–H groups in total. The summed E-state index contributed by atoms with van der Waals surface area (Å²) in [6, 6.07) is 6.22. The molecule has 2 saturated heterocycles. The molecule has 2 aliphatic rings. The number of aliphatic hydroxyl groups excluding tert-OH is 2. The lowest BCUT2D eigenvalue weighted by Gasteiger charge is -2.27. The van der Waals surface area contributed by atoms with Crippen LogP contribution in [0.1, 0.15) is 140 Å². The van der Waals surface area contributed by atoms with Gasteiger partial charge in [-0.1, -0.05) is 92.9 Å². The van der Waals surface area contributed by atoms with Gasteiger partial charge in [0, 0.05) is 33.6 Å². The smallest absolute Gasteiger partial charge is 0.325 e. The van der Waals surface area contributed by atoms with Crippen LogP contribution >= 0.6 is 0 Å². The van der Waals surface area contributed by atoms with Gasteiger partial charge in [-0.15, -0.1) is 0 Å². The molecule has 21 heteroatoms. The Morgan fingerprint density at radius 1 is 0.782 bits per heavy atom. The minimum Gasteiger partial charge on any atom is -0.497 e. The van der Waals surface area contributed by atoms with E-state index in [4.69, 9.17) is 19.3 Å². The number of rotatable bonds is 25. The van der Waals surface area contributed by atoms with Crippen molar-refractivity contribution >= 4 is 59.8 Å². The van der Waals surface area contributed by atoms with Gasteiger partial charge in [0.25, 0.3) is 0 Å². The summed E-state index contributed by atoms with van der Waals surface area (Å²) in [7, 11) is 6.31. The van der Waals surface area contributed by atoms with Crippen LogP contribution in [-0.2, 0) is 57.4 Å². The number of hydrogen-bond donors (Lipinski definition) is 4. The molecule has 0 saturated carbocycles. The van der Waals surface area contributed by atoms with Gasteiger partial charge in [-0.3, -0.25) is 48.1 Å². The molecule has 0 radical (unpaired) electrons. The van der Waals surface area contributed by atoms with Crippen molar-refractivity contribution in [2.45, 2.75) is 165 Å². The van der Waals surface area contributed by atoms with Crippen LogP contribution in [0.15, 0.2) is 24.3 Å². The number of methoxy groups -OCH3 is 1. The van der Waals surface area contributed by atoms with Gasteiger partial charge in [-0.25, -0.2) is 0 Å². The highest BCUT2D eigenvalue weighted by Gasteiger charge is 2.33. The van der Waals surface area contributed by atoms with E-state index in [2.05, 4.69) is 72.9 Å². The Balaban J connectivity index is -0.00000184. The number of nitrogens with one attached hydrogen (secondary N) is 2. The maximum atomic E-state index is 13.5.